The van der Waals surface area contributed by atoms with Gasteiger partial charge in [-0.2, -0.15) is 0 Å². The smallest absolute Gasteiger partial charge is 0.0188 e. The fraction of sp³-hybridized carbons (Fsp3) is 0.400. The van der Waals surface area contributed by atoms with Crippen molar-refractivity contribution in [2.24, 2.45) is 0 Å². The van der Waals surface area contributed by atoms with Gasteiger partial charge in [0.25, 0.3) is 0 Å². The van der Waals surface area contributed by atoms with E-state index in [9.17, 15) is 0 Å². The lowest BCUT2D eigenvalue weighted by molar-refractivity contribution is 1.00. The summed E-state index contributed by atoms with van der Waals surface area (Å²) in [5, 5.41) is 0. The molecule has 0 bridgehead atoms. The average molecular weight is 272 g/mol. The van der Waals surface area contributed by atoms with Crippen LogP contribution in [0, 0.1) is 0 Å². The highest BCUT2D eigenvalue weighted by Gasteiger charge is 2.03. The molecule has 0 fully saturated rings. The lowest BCUT2D eigenvalue weighted by Crippen LogP contribution is -1.91. The van der Waals surface area contributed by atoms with Gasteiger partial charge in [0.05, 0.1) is 0 Å². The maximum absolute atomic E-state index is 4.00. The number of allylic oxidation sites excluding steroid dienone is 10. The first-order chi connectivity index (χ1) is 9.69. The molecule has 1 rings (SSSR count). The molecule has 0 atom stereocenters. The first kappa shape index (κ1) is 20.8. The van der Waals surface area contributed by atoms with E-state index in [0.29, 0.717) is 0 Å². The Morgan fingerprint density at radius 3 is 2.10 bits per heavy atom. The summed E-state index contributed by atoms with van der Waals surface area (Å²) in [7, 11) is 0. The van der Waals surface area contributed by atoms with E-state index in [2.05, 4.69) is 44.4 Å². The Bertz CT molecular complexity index is 398. The summed E-state index contributed by atoms with van der Waals surface area (Å²) in [6.07, 6.45) is 15.0. The average Bonchev–Trinajstić information content (AvgIpc) is 2.52. The zero-order valence-corrected chi connectivity index (χ0v) is 14.3. The monoisotopic (exact) mass is 272 g/mol. The highest BCUT2D eigenvalue weighted by atomic mass is 14.1. The molecule has 0 saturated heterocycles. The van der Waals surface area contributed by atoms with E-state index in [1.54, 1.807) is 6.08 Å². The van der Waals surface area contributed by atoms with Crippen molar-refractivity contribution in [3.8, 4) is 0 Å². The first-order valence-electron chi connectivity index (χ1n) is 7.72. The summed E-state index contributed by atoms with van der Waals surface area (Å²) >= 11 is 0. The second kappa shape index (κ2) is 13.9. The topological polar surface area (TPSA) is 0 Å². The number of hydrogen-bond donors (Lipinski definition) is 0. The molecule has 0 unspecified atom stereocenters. The third kappa shape index (κ3) is 7.78. The van der Waals surface area contributed by atoms with Gasteiger partial charge in [-0.15, -0.1) is 0 Å². The Hall–Kier alpha value is -1.56. The minimum absolute atomic E-state index is 0.970. The van der Waals surface area contributed by atoms with Crippen molar-refractivity contribution in [1.29, 1.82) is 0 Å². The molecule has 20 heavy (non-hydrogen) atoms. The standard InChI is InChI=1S/C16H20.2C2H6/c1-5-9-15(13(3)6-2)12-16-11-8-7-10-14(16)4;2*1-2/h5-6,9-12H,2-3,7-8H2,1,4H3;2*1-2H3/b9-5-,15-12-;;. The van der Waals surface area contributed by atoms with Crippen LogP contribution in [0.2, 0.25) is 0 Å². The SMILES string of the molecule is C=CC(=C)C(/C=C\C)=C\C1=CCCC=C1C.CC.CC. The van der Waals surface area contributed by atoms with Gasteiger partial charge in [0, 0.05) is 0 Å². The molecule has 1 aliphatic carbocycles. The third-order valence-electron chi connectivity index (χ3n) is 2.71. The summed E-state index contributed by atoms with van der Waals surface area (Å²) in [5.41, 5.74) is 4.77. The van der Waals surface area contributed by atoms with Crippen molar-refractivity contribution >= 4 is 0 Å². The van der Waals surface area contributed by atoms with Crippen molar-refractivity contribution in [1.82, 2.24) is 0 Å². The molecule has 0 N–H and O–H groups in total. The lowest BCUT2D eigenvalue weighted by Gasteiger charge is -2.11. The van der Waals surface area contributed by atoms with Gasteiger partial charge in [-0.05, 0) is 55.1 Å². The Labute approximate surface area is 127 Å². The molecular weight excluding hydrogens is 240 g/mol. The summed E-state index contributed by atoms with van der Waals surface area (Å²) in [6.45, 7) is 19.9. The molecule has 0 aromatic rings. The van der Waals surface area contributed by atoms with Gasteiger partial charge in [0.2, 0.25) is 0 Å². The van der Waals surface area contributed by atoms with Crippen LogP contribution in [0.15, 0.2) is 71.9 Å². The van der Waals surface area contributed by atoms with Crippen LogP contribution in [0.3, 0.4) is 0 Å². The van der Waals surface area contributed by atoms with Crippen molar-refractivity contribution in [2.45, 2.75) is 54.4 Å². The lowest BCUT2D eigenvalue weighted by atomic mass is 9.95. The molecule has 0 aromatic carbocycles. The van der Waals surface area contributed by atoms with Crippen LogP contribution in [-0.2, 0) is 0 Å². The largest absolute Gasteiger partial charge is 0.0985 e. The molecule has 0 amide bonds. The predicted molar refractivity (Wildman–Crippen MR) is 96.0 cm³/mol. The van der Waals surface area contributed by atoms with Crippen LogP contribution in [-0.4, -0.2) is 0 Å². The maximum Gasteiger partial charge on any atom is -0.0188 e. The van der Waals surface area contributed by atoms with E-state index < -0.39 is 0 Å². The molecule has 0 heteroatoms. The zero-order valence-electron chi connectivity index (χ0n) is 14.3. The molecule has 0 aromatic heterocycles. The Morgan fingerprint density at radius 1 is 1.10 bits per heavy atom. The van der Waals surface area contributed by atoms with Crippen molar-refractivity contribution < 1.29 is 0 Å². The van der Waals surface area contributed by atoms with Crippen LogP contribution >= 0.6 is 0 Å². The van der Waals surface area contributed by atoms with Crippen LogP contribution in [0.1, 0.15) is 54.4 Å². The summed E-state index contributed by atoms with van der Waals surface area (Å²) in [5.74, 6) is 0. The van der Waals surface area contributed by atoms with Crippen molar-refractivity contribution in [3.05, 3.63) is 71.9 Å². The Morgan fingerprint density at radius 2 is 1.65 bits per heavy atom. The quantitative estimate of drug-likeness (QED) is 0.486. The first-order valence-corrected chi connectivity index (χ1v) is 7.72. The van der Waals surface area contributed by atoms with Crippen LogP contribution in [0.4, 0.5) is 0 Å². The molecule has 1 aliphatic rings. The molecule has 0 spiro atoms. The second-order valence-corrected chi connectivity index (χ2v) is 3.95. The van der Waals surface area contributed by atoms with E-state index in [4.69, 9.17) is 0 Å². The Kier molecular flexibility index (Phi) is 14.4. The maximum atomic E-state index is 4.00. The second-order valence-electron chi connectivity index (χ2n) is 3.95. The third-order valence-corrected chi connectivity index (χ3v) is 2.71. The van der Waals surface area contributed by atoms with Crippen LogP contribution in [0.5, 0.6) is 0 Å². The molecule has 0 aliphatic heterocycles. The molecule has 0 nitrogen and oxygen atoms in total. The van der Waals surface area contributed by atoms with Gasteiger partial charge in [-0.3, -0.25) is 0 Å². The van der Waals surface area contributed by atoms with E-state index in [-0.39, 0.29) is 0 Å². The van der Waals surface area contributed by atoms with Gasteiger partial charge in [-0.25, -0.2) is 0 Å². The summed E-state index contributed by atoms with van der Waals surface area (Å²) in [4.78, 5) is 0. The normalized spacial score (nSPS) is 14.2. The van der Waals surface area contributed by atoms with Gasteiger partial charge < -0.3 is 0 Å². The summed E-state index contributed by atoms with van der Waals surface area (Å²) < 4.78 is 0. The van der Waals surface area contributed by atoms with Gasteiger partial charge >= 0.3 is 0 Å². The molecular formula is C20H32. The fourth-order valence-corrected chi connectivity index (χ4v) is 1.70. The Balaban J connectivity index is 0. The fourth-order valence-electron chi connectivity index (χ4n) is 1.70. The highest BCUT2D eigenvalue weighted by Crippen LogP contribution is 2.23. The minimum Gasteiger partial charge on any atom is -0.0985 e. The van der Waals surface area contributed by atoms with E-state index >= 15 is 0 Å². The summed E-state index contributed by atoms with van der Waals surface area (Å²) in [6, 6.07) is 0. The highest BCUT2D eigenvalue weighted by molar-refractivity contribution is 5.52. The molecule has 0 radical (unpaired) electrons. The van der Waals surface area contributed by atoms with E-state index in [1.807, 2.05) is 40.7 Å². The zero-order chi connectivity index (χ0) is 16.0. The minimum atomic E-state index is 0.970. The molecule has 112 valence electrons. The number of rotatable bonds is 4. The van der Waals surface area contributed by atoms with Gasteiger partial charge in [0.15, 0.2) is 0 Å². The molecule has 0 saturated carbocycles. The van der Waals surface area contributed by atoms with E-state index in [1.165, 1.54) is 11.1 Å². The van der Waals surface area contributed by atoms with E-state index in [0.717, 1.165) is 24.0 Å². The van der Waals surface area contributed by atoms with Crippen molar-refractivity contribution in [2.75, 3.05) is 0 Å². The van der Waals surface area contributed by atoms with Crippen LogP contribution < -0.4 is 0 Å². The van der Waals surface area contributed by atoms with Gasteiger partial charge in [-0.1, -0.05) is 71.2 Å². The number of hydrogen-bond acceptors (Lipinski definition) is 0. The molecule has 0 heterocycles. The van der Waals surface area contributed by atoms with Crippen LogP contribution in [0.25, 0.3) is 0 Å². The predicted octanol–water partition coefficient (Wildman–Crippen LogP) is 6.95. The van der Waals surface area contributed by atoms with Crippen molar-refractivity contribution in [3.63, 3.8) is 0 Å². The van der Waals surface area contributed by atoms with Gasteiger partial charge in [0.1, 0.15) is 0 Å².